The number of aromatic carboxylic acids is 1. The van der Waals surface area contributed by atoms with Crippen molar-refractivity contribution >= 4 is 17.6 Å². The molecule has 0 atom stereocenters. The highest BCUT2D eigenvalue weighted by Crippen LogP contribution is 2.44. The molecule has 1 aromatic heterocycles. The Morgan fingerprint density at radius 3 is 2.58 bits per heavy atom. The molecular formula is C19H15ClN2O4. The van der Waals surface area contributed by atoms with E-state index < -0.39 is 5.97 Å². The van der Waals surface area contributed by atoms with Crippen LogP contribution in [0.15, 0.2) is 36.4 Å². The zero-order valence-corrected chi connectivity index (χ0v) is 14.9. The lowest BCUT2D eigenvalue weighted by molar-refractivity contribution is 0.0689. The van der Waals surface area contributed by atoms with Gasteiger partial charge in [0.1, 0.15) is 0 Å². The number of halogens is 1. The van der Waals surface area contributed by atoms with Crippen molar-refractivity contribution in [1.29, 1.82) is 0 Å². The highest BCUT2D eigenvalue weighted by molar-refractivity contribution is 6.30. The molecule has 0 amide bonds. The van der Waals surface area contributed by atoms with Crippen LogP contribution in [0.25, 0.3) is 16.9 Å². The summed E-state index contributed by atoms with van der Waals surface area (Å²) in [5, 5.41) is 14.5. The second kappa shape index (κ2) is 6.07. The Morgan fingerprint density at radius 2 is 1.92 bits per heavy atom. The molecule has 0 fully saturated rings. The van der Waals surface area contributed by atoms with Crippen LogP contribution in [-0.4, -0.2) is 35.1 Å². The third-order valence-electron chi connectivity index (χ3n) is 4.47. The number of carboxylic acids is 1. The Kier molecular flexibility index (Phi) is 3.85. The van der Waals surface area contributed by atoms with E-state index in [9.17, 15) is 9.90 Å². The Labute approximate surface area is 154 Å². The smallest absolute Gasteiger partial charge is 0.356 e. The quantitative estimate of drug-likeness (QED) is 0.591. The summed E-state index contributed by atoms with van der Waals surface area (Å²) in [5.74, 6) is 0.124. The van der Waals surface area contributed by atoms with E-state index in [1.54, 1.807) is 37.1 Å². The van der Waals surface area contributed by atoms with Crippen LogP contribution in [0.5, 0.6) is 11.5 Å². The Morgan fingerprint density at radius 1 is 1.19 bits per heavy atom. The van der Waals surface area contributed by atoms with Gasteiger partial charge in [-0.1, -0.05) is 17.7 Å². The summed E-state index contributed by atoms with van der Waals surface area (Å²) in [5.41, 5.74) is 3.98. The van der Waals surface area contributed by atoms with Gasteiger partial charge in [0.25, 0.3) is 0 Å². The molecule has 7 heteroatoms. The third-order valence-corrected chi connectivity index (χ3v) is 4.71. The van der Waals surface area contributed by atoms with Crippen LogP contribution < -0.4 is 9.47 Å². The van der Waals surface area contributed by atoms with E-state index in [0.29, 0.717) is 34.2 Å². The van der Waals surface area contributed by atoms with Gasteiger partial charge in [-0.3, -0.25) is 0 Å². The van der Waals surface area contributed by atoms with Crippen molar-refractivity contribution in [2.24, 2.45) is 0 Å². The van der Waals surface area contributed by atoms with Crippen molar-refractivity contribution in [3.8, 4) is 28.4 Å². The highest BCUT2D eigenvalue weighted by atomic mass is 35.5. The summed E-state index contributed by atoms with van der Waals surface area (Å²) in [6, 6.07) is 10.9. The fourth-order valence-electron chi connectivity index (χ4n) is 3.34. The summed E-state index contributed by atoms with van der Waals surface area (Å²) >= 11 is 6.11. The molecule has 0 saturated carbocycles. The number of benzene rings is 2. The van der Waals surface area contributed by atoms with E-state index in [4.69, 9.17) is 21.1 Å². The molecule has 1 N–H and O–H groups in total. The predicted octanol–water partition coefficient (Wildman–Crippen LogP) is 3.81. The van der Waals surface area contributed by atoms with E-state index in [0.717, 1.165) is 16.8 Å². The van der Waals surface area contributed by atoms with Crippen molar-refractivity contribution in [3.05, 3.63) is 58.2 Å². The summed E-state index contributed by atoms with van der Waals surface area (Å²) in [6.45, 7) is 0. The largest absolute Gasteiger partial charge is 0.493 e. The lowest BCUT2D eigenvalue weighted by Crippen LogP contribution is -2.04. The molecule has 0 radical (unpaired) electrons. The van der Waals surface area contributed by atoms with Gasteiger partial charge >= 0.3 is 5.97 Å². The van der Waals surface area contributed by atoms with Crippen molar-refractivity contribution in [3.63, 3.8) is 0 Å². The van der Waals surface area contributed by atoms with E-state index in [1.807, 2.05) is 18.2 Å². The molecule has 0 aliphatic heterocycles. The van der Waals surface area contributed by atoms with E-state index in [2.05, 4.69) is 5.10 Å². The topological polar surface area (TPSA) is 73.6 Å². The van der Waals surface area contributed by atoms with Crippen molar-refractivity contribution in [1.82, 2.24) is 9.78 Å². The van der Waals surface area contributed by atoms with Crippen LogP contribution in [-0.2, 0) is 6.42 Å². The molecule has 0 saturated heterocycles. The number of carboxylic acid groups (broad SMARTS) is 1. The molecule has 4 rings (SSSR count). The number of hydrogen-bond acceptors (Lipinski definition) is 4. The Bertz CT molecular complexity index is 1040. The second-order valence-electron chi connectivity index (χ2n) is 5.91. The number of fused-ring (bicyclic) bond motifs is 3. The molecule has 132 valence electrons. The first-order valence-corrected chi connectivity index (χ1v) is 8.27. The number of carbonyl (C=O) groups is 1. The first kappa shape index (κ1) is 16.5. The summed E-state index contributed by atoms with van der Waals surface area (Å²) in [6.07, 6.45) is 0.465. The van der Waals surface area contributed by atoms with Gasteiger partial charge in [0.2, 0.25) is 0 Å². The monoisotopic (exact) mass is 370 g/mol. The molecule has 1 aliphatic carbocycles. The van der Waals surface area contributed by atoms with E-state index in [1.165, 1.54) is 0 Å². The van der Waals surface area contributed by atoms with Crippen LogP contribution in [0.1, 0.15) is 21.6 Å². The normalized spacial score (nSPS) is 11.8. The van der Waals surface area contributed by atoms with Gasteiger partial charge in [0.05, 0.1) is 25.6 Å². The number of ether oxygens (including phenoxy) is 2. The van der Waals surface area contributed by atoms with Gasteiger partial charge in [-0.05, 0) is 35.9 Å². The highest BCUT2D eigenvalue weighted by Gasteiger charge is 2.32. The minimum Gasteiger partial charge on any atom is -0.493 e. The zero-order valence-electron chi connectivity index (χ0n) is 14.1. The average Bonchev–Trinajstić information content (AvgIpc) is 3.17. The predicted molar refractivity (Wildman–Crippen MR) is 96.9 cm³/mol. The molecule has 0 unspecified atom stereocenters. The standard InChI is InChI=1S/C19H15ClN2O4/c1-25-15-7-10-6-14-17(19(23)24)21-22(12-5-3-4-11(20)8-12)18(14)13(10)9-16(15)26-2/h3-5,7-9H,6H2,1-2H3,(H,23,24). The van der Waals surface area contributed by atoms with Crippen LogP contribution >= 0.6 is 11.6 Å². The maximum absolute atomic E-state index is 11.7. The zero-order chi connectivity index (χ0) is 18.4. The van der Waals surface area contributed by atoms with Crippen molar-refractivity contribution < 1.29 is 19.4 Å². The molecule has 1 heterocycles. The first-order valence-electron chi connectivity index (χ1n) is 7.90. The molecular weight excluding hydrogens is 356 g/mol. The van der Waals surface area contributed by atoms with Gasteiger partial charge in [0, 0.05) is 22.6 Å². The number of aromatic nitrogens is 2. The first-order chi connectivity index (χ1) is 12.5. The lowest BCUT2D eigenvalue weighted by Gasteiger charge is -2.12. The molecule has 1 aliphatic rings. The number of nitrogens with zero attached hydrogens (tertiary/aromatic N) is 2. The minimum absolute atomic E-state index is 0.0362. The summed E-state index contributed by atoms with van der Waals surface area (Å²) in [4.78, 5) is 11.7. The minimum atomic E-state index is -1.06. The van der Waals surface area contributed by atoms with E-state index in [-0.39, 0.29) is 5.69 Å². The Hall–Kier alpha value is -2.99. The molecule has 2 aromatic carbocycles. The van der Waals surface area contributed by atoms with Gasteiger partial charge in [-0.15, -0.1) is 0 Å². The maximum Gasteiger partial charge on any atom is 0.356 e. The SMILES string of the molecule is COc1cc2c(cc1OC)-c1c(c(C(=O)O)nn1-c1cccc(Cl)c1)C2. The average molecular weight is 371 g/mol. The van der Waals surface area contributed by atoms with Gasteiger partial charge in [-0.25, -0.2) is 9.48 Å². The van der Waals surface area contributed by atoms with Crippen LogP contribution in [0.4, 0.5) is 0 Å². The van der Waals surface area contributed by atoms with Gasteiger partial charge < -0.3 is 14.6 Å². The van der Waals surface area contributed by atoms with Gasteiger partial charge in [0.15, 0.2) is 17.2 Å². The van der Waals surface area contributed by atoms with Crippen molar-refractivity contribution in [2.45, 2.75) is 6.42 Å². The van der Waals surface area contributed by atoms with Crippen LogP contribution in [0.2, 0.25) is 5.02 Å². The summed E-state index contributed by atoms with van der Waals surface area (Å²) < 4.78 is 12.4. The molecule has 26 heavy (non-hydrogen) atoms. The Balaban J connectivity index is 2.00. The van der Waals surface area contributed by atoms with E-state index >= 15 is 0 Å². The van der Waals surface area contributed by atoms with Crippen molar-refractivity contribution in [2.75, 3.05) is 14.2 Å². The molecule has 3 aromatic rings. The van der Waals surface area contributed by atoms with Gasteiger partial charge in [-0.2, -0.15) is 5.10 Å². The maximum atomic E-state index is 11.7. The molecule has 0 spiro atoms. The molecule has 0 bridgehead atoms. The second-order valence-corrected chi connectivity index (χ2v) is 6.35. The lowest BCUT2D eigenvalue weighted by atomic mass is 10.1. The third kappa shape index (κ3) is 2.42. The fraction of sp³-hybridized carbons (Fsp3) is 0.158. The number of rotatable bonds is 4. The van der Waals surface area contributed by atoms with Crippen LogP contribution in [0, 0.1) is 0 Å². The van der Waals surface area contributed by atoms with Crippen LogP contribution in [0.3, 0.4) is 0 Å². The number of hydrogen-bond donors (Lipinski definition) is 1. The fourth-order valence-corrected chi connectivity index (χ4v) is 3.52. The molecule has 6 nitrogen and oxygen atoms in total. The number of methoxy groups -OCH3 is 2. The summed E-state index contributed by atoms with van der Waals surface area (Å²) in [7, 11) is 3.14.